The van der Waals surface area contributed by atoms with Gasteiger partial charge in [0.1, 0.15) is 5.82 Å². The van der Waals surface area contributed by atoms with E-state index in [4.69, 9.17) is 0 Å². The standard InChI is InChI=1S/C25H30FN3O4S/c1-18(30)20-7-9-24(23(26)17-20)28-12-14-29(15-13-28)25(31)10-11-27-34(32,33)22-8-6-19-4-2-3-5-21(19)16-22/h6-9,16-17,27H,2-5,10-15H2,1H3. The van der Waals surface area contributed by atoms with Crippen molar-refractivity contribution in [3.63, 3.8) is 0 Å². The van der Waals surface area contributed by atoms with Gasteiger partial charge in [-0.1, -0.05) is 6.07 Å². The number of ketones is 1. The topological polar surface area (TPSA) is 86.8 Å². The van der Waals surface area contributed by atoms with Crippen LogP contribution >= 0.6 is 0 Å². The fourth-order valence-corrected chi connectivity index (χ4v) is 5.67. The first kappa shape index (κ1) is 24.3. The number of aryl methyl sites for hydroxylation is 2. The van der Waals surface area contributed by atoms with Crippen molar-refractivity contribution in [3.8, 4) is 0 Å². The van der Waals surface area contributed by atoms with E-state index >= 15 is 0 Å². The largest absolute Gasteiger partial charge is 0.366 e. The smallest absolute Gasteiger partial charge is 0.240 e. The van der Waals surface area contributed by atoms with Crippen LogP contribution in [0, 0.1) is 5.82 Å². The van der Waals surface area contributed by atoms with Crippen LogP contribution in [0.15, 0.2) is 41.3 Å². The number of hydrogen-bond acceptors (Lipinski definition) is 5. The van der Waals surface area contributed by atoms with Gasteiger partial charge in [-0.3, -0.25) is 9.59 Å². The molecule has 1 fully saturated rings. The van der Waals surface area contributed by atoms with Crippen molar-refractivity contribution in [2.75, 3.05) is 37.6 Å². The Bertz CT molecular complexity index is 1190. The highest BCUT2D eigenvalue weighted by Gasteiger charge is 2.24. The van der Waals surface area contributed by atoms with E-state index < -0.39 is 15.8 Å². The maximum Gasteiger partial charge on any atom is 0.240 e. The highest BCUT2D eigenvalue weighted by atomic mass is 32.2. The number of carbonyl (C=O) groups excluding carboxylic acids is 2. The first-order chi connectivity index (χ1) is 16.2. The molecule has 0 radical (unpaired) electrons. The number of nitrogens with one attached hydrogen (secondary N) is 1. The van der Waals surface area contributed by atoms with Crippen LogP contribution in [0.2, 0.25) is 0 Å². The summed E-state index contributed by atoms with van der Waals surface area (Å²) >= 11 is 0. The molecule has 1 N–H and O–H groups in total. The summed E-state index contributed by atoms with van der Waals surface area (Å²) in [6.45, 7) is 3.19. The Hall–Kier alpha value is -2.78. The maximum absolute atomic E-state index is 14.4. The molecule has 1 saturated heterocycles. The van der Waals surface area contributed by atoms with Crippen LogP contribution in [0.4, 0.5) is 10.1 Å². The summed E-state index contributed by atoms with van der Waals surface area (Å²) in [7, 11) is -3.67. The van der Waals surface area contributed by atoms with Crippen molar-refractivity contribution in [2.24, 2.45) is 0 Å². The lowest BCUT2D eigenvalue weighted by atomic mass is 9.92. The molecule has 2 aliphatic rings. The lowest BCUT2D eigenvalue weighted by Gasteiger charge is -2.36. The second-order valence-corrected chi connectivity index (χ2v) is 10.6. The number of rotatable bonds is 7. The molecular weight excluding hydrogens is 457 g/mol. The fourth-order valence-electron chi connectivity index (χ4n) is 4.59. The Kier molecular flexibility index (Phi) is 7.33. The van der Waals surface area contributed by atoms with Crippen molar-refractivity contribution < 1.29 is 22.4 Å². The normalized spacial score (nSPS) is 16.3. The predicted octanol–water partition coefficient (Wildman–Crippen LogP) is 2.92. The Morgan fingerprint density at radius 1 is 0.971 bits per heavy atom. The zero-order valence-corrected chi connectivity index (χ0v) is 20.2. The Labute approximate surface area is 200 Å². The number of amides is 1. The number of hydrogen-bond donors (Lipinski definition) is 1. The minimum Gasteiger partial charge on any atom is -0.366 e. The minimum atomic E-state index is -3.67. The zero-order valence-electron chi connectivity index (χ0n) is 19.3. The highest BCUT2D eigenvalue weighted by Crippen LogP contribution is 2.24. The van der Waals surface area contributed by atoms with Crippen LogP contribution in [-0.2, 0) is 27.7 Å². The number of nitrogens with zero attached hydrogens (tertiary/aromatic N) is 2. The number of anilines is 1. The molecule has 182 valence electrons. The molecule has 0 atom stereocenters. The maximum atomic E-state index is 14.4. The van der Waals surface area contributed by atoms with Gasteiger partial charge in [0, 0.05) is 44.7 Å². The summed E-state index contributed by atoms with van der Waals surface area (Å²) < 4.78 is 42.3. The van der Waals surface area contributed by atoms with Crippen LogP contribution < -0.4 is 9.62 Å². The SMILES string of the molecule is CC(=O)c1ccc(N2CCN(C(=O)CCNS(=O)(=O)c3ccc4c(c3)CCCC4)CC2)c(F)c1. The quantitative estimate of drug-likeness (QED) is 0.607. The van der Waals surface area contributed by atoms with Crippen LogP contribution in [0.5, 0.6) is 0 Å². The van der Waals surface area contributed by atoms with Crippen molar-refractivity contribution >= 4 is 27.4 Å². The molecule has 2 aromatic carbocycles. The average molecular weight is 488 g/mol. The second kappa shape index (κ2) is 10.2. The van der Waals surface area contributed by atoms with E-state index in [9.17, 15) is 22.4 Å². The molecule has 1 aliphatic carbocycles. The third kappa shape index (κ3) is 5.47. The van der Waals surface area contributed by atoms with Gasteiger partial charge in [-0.2, -0.15) is 0 Å². The van der Waals surface area contributed by atoms with Gasteiger partial charge in [-0.05, 0) is 74.1 Å². The summed E-state index contributed by atoms with van der Waals surface area (Å²) in [6, 6.07) is 9.72. The lowest BCUT2D eigenvalue weighted by molar-refractivity contribution is -0.131. The number of piperazine rings is 1. The summed E-state index contributed by atoms with van der Waals surface area (Å²) in [5, 5.41) is 0. The van der Waals surface area contributed by atoms with Gasteiger partial charge in [0.25, 0.3) is 0 Å². The second-order valence-electron chi connectivity index (χ2n) is 8.88. The number of carbonyl (C=O) groups is 2. The van der Waals surface area contributed by atoms with E-state index in [0.29, 0.717) is 37.4 Å². The third-order valence-corrected chi connectivity index (χ3v) is 8.05. The Morgan fingerprint density at radius 2 is 1.68 bits per heavy atom. The molecule has 1 heterocycles. The fraction of sp³-hybridized carbons (Fsp3) is 0.440. The molecule has 0 aromatic heterocycles. The van der Waals surface area contributed by atoms with E-state index in [1.54, 1.807) is 29.2 Å². The number of Topliss-reactive ketones (excluding diaryl/α,β-unsaturated/α-hetero) is 1. The highest BCUT2D eigenvalue weighted by molar-refractivity contribution is 7.89. The Morgan fingerprint density at radius 3 is 2.35 bits per heavy atom. The summed E-state index contributed by atoms with van der Waals surface area (Å²) in [4.78, 5) is 27.8. The van der Waals surface area contributed by atoms with Crippen molar-refractivity contribution in [1.82, 2.24) is 9.62 Å². The number of halogens is 1. The number of sulfonamides is 1. The van der Waals surface area contributed by atoms with Crippen molar-refractivity contribution in [2.45, 2.75) is 43.9 Å². The average Bonchev–Trinajstić information content (AvgIpc) is 2.83. The van der Waals surface area contributed by atoms with E-state index in [-0.39, 0.29) is 29.6 Å². The van der Waals surface area contributed by atoms with Gasteiger partial charge in [-0.25, -0.2) is 17.5 Å². The van der Waals surface area contributed by atoms with E-state index in [1.807, 2.05) is 11.0 Å². The zero-order chi connectivity index (χ0) is 24.3. The summed E-state index contributed by atoms with van der Waals surface area (Å²) in [6.07, 6.45) is 4.15. The van der Waals surface area contributed by atoms with Gasteiger partial charge >= 0.3 is 0 Å². The van der Waals surface area contributed by atoms with Gasteiger partial charge in [0.2, 0.25) is 15.9 Å². The monoisotopic (exact) mass is 487 g/mol. The summed E-state index contributed by atoms with van der Waals surface area (Å²) in [5.41, 5.74) is 3.05. The van der Waals surface area contributed by atoms with E-state index in [1.165, 1.54) is 18.6 Å². The van der Waals surface area contributed by atoms with Crippen molar-refractivity contribution in [3.05, 3.63) is 58.9 Å². The molecule has 2 aromatic rings. The Balaban J connectivity index is 1.27. The van der Waals surface area contributed by atoms with Gasteiger partial charge in [0.15, 0.2) is 5.78 Å². The number of fused-ring (bicyclic) bond motifs is 1. The first-order valence-electron chi connectivity index (χ1n) is 11.7. The van der Waals surface area contributed by atoms with Crippen LogP contribution in [0.1, 0.15) is 47.7 Å². The number of benzene rings is 2. The van der Waals surface area contributed by atoms with Gasteiger partial charge in [-0.15, -0.1) is 0 Å². The molecule has 0 bridgehead atoms. The predicted molar refractivity (Wildman–Crippen MR) is 128 cm³/mol. The molecule has 0 spiro atoms. The molecule has 1 aliphatic heterocycles. The van der Waals surface area contributed by atoms with Crippen LogP contribution in [0.3, 0.4) is 0 Å². The molecule has 0 saturated carbocycles. The molecule has 0 unspecified atom stereocenters. The van der Waals surface area contributed by atoms with E-state index in [2.05, 4.69) is 4.72 Å². The first-order valence-corrected chi connectivity index (χ1v) is 13.2. The molecule has 34 heavy (non-hydrogen) atoms. The van der Waals surface area contributed by atoms with Gasteiger partial charge in [0.05, 0.1) is 10.6 Å². The molecule has 9 heteroatoms. The summed E-state index contributed by atoms with van der Waals surface area (Å²) in [5.74, 6) is -0.785. The molecule has 1 amide bonds. The minimum absolute atomic E-state index is 0.0274. The van der Waals surface area contributed by atoms with Gasteiger partial charge < -0.3 is 9.80 Å². The van der Waals surface area contributed by atoms with Crippen molar-refractivity contribution in [1.29, 1.82) is 0 Å². The van der Waals surface area contributed by atoms with Crippen LogP contribution in [0.25, 0.3) is 0 Å². The molecule has 4 rings (SSSR count). The third-order valence-electron chi connectivity index (χ3n) is 6.59. The van der Waals surface area contributed by atoms with Crippen LogP contribution in [-0.4, -0.2) is 57.7 Å². The van der Waals surface area contributed by atoms with E-state index in [0.717, 1.165) is 31.2 Å². The lowest BCUT2D eigenvalue weighted by Crippen LogP contribution is -2.49. The molecular formula is C25H30FN3O4S. The molecule has 7 nitrogen and oxygen atoms in total.